The number of benzene rings is 2. The lowest BCUT2D eigenvalue weighted by Gasteiger charge is -2.11. The molecule has 7 nitrogen and oxygen atoms in total. The molecule has 1 aromatic heterocycles. The molecule has 1 amide bonds. The highest BCUT2D eigenvalue weighted by Crippen LogP contribution is 2.28. The minimum atomic E-state index is -0.393. The third-order valence-electron chi connectivity index (χ3n) is 3.91. The zero-order chi connectivity index (χ0) is 19.9. The van der Waals surface area contributed by atoms with Crippen molar-refractivity contribution in [3.8, 4) is 11.5 Å². The van der Waals surface area contributed by atoms with Gasteiger partial charge < -0.3 is 20.1 Å². The Hall–Kier alpha value is -3.32. The number of halogens is 1. The average Bonchev–Trinajstić information content (AvgIpc) is 2.73. The van der Waals surface area contributed by atoms with E-state index in [4.69, 9.17) is 21.1 Å². The third-order valence-corrected chi connectivity index (χ3v) is 4.14. The normalized spacial score (nSPS) is 10.2. The van der Waals surface area contributed by atoms with Gasteiger partial charge in [0.2, 0.25) is 5.95 Å². The molecule has 0 unspecified atom stereocenters. The predicted molar refractivity (Wildman–Crippen MR) is 108 cm³/mol. The van der Waals surface area contributed by atoms with Gasteiger partial charge in [0.1, 0.15) is 17.2 Å². The van der Waals surface area contributed by atoms with E-state index in [1.807, 2.05) is 24.3 Å². The zero-order valence-electron chi connectivity index (χ0n) is 15.4. The van der Waals surface area contributed by atoms with E-state index in [0.29, 0.717) is 29.0 Å². The Morgan fingerprint density at radius 3 is 2.57 bits per heavy atom. The lowest BCUT2D eigenvalue weighted by molar-refractivity contribution is 0.102. The lowest BCUT2D eigenvalue weighted by Crippen LogP contribution is -2.16. The number of ether oxygens (including phenoxy) is 2. The average molecular weight is 399 g/mol. The fraction of sp³-hybridized carbons (Fsp3) is 0.150. The molecule has 0 fully saturated rings. The Bertz CT molecular complexity index is 964. The molecule has 0 aliphatic carbocycles. The van der Waals surface area contributed by atoms with Crippen LogP contribution in [-0.4, -0.2) is 30.1 Å². The number of methoxy groups -OCH3 is 2. The summed E-state index contributed by atoms with van der Waals surface area (Å²) >= 11 is 6.00. The molecule has 1 heterocycles. The summed E-state index contributed by atoms with van der Waals surface area (Å²) in [6.45, 7) is 0.511. The minimum absolute atomic E-state index is 0.217. The van der Waals surface area contributed by atoms with Gasteiger partial charge in [-0.3, -0.25) is 4.79 Å². The Balaban J connectivity index is 1.68. The number of nitrogens with one attached hydrogen (secondary N) is 2. The van der Waals surface area contributed by atoms with Crippen LogP contribution in [0.4, 0.5) is 11.6 Å². The first-order chi connectivity index (χ1) is 13.6. The molecule has 0 radical (unpaired) electrons. The summed E-state index contributed by atoms with van der Waals surface area (Å²) in [6, 6.07) is 14.1. The lowest BCUT2D eigenvalue weighted by atomic mass is 10.2. The van der Waals surface area contributed by atoms with E-state index in [1.54, 1.807) is 25.3 Å². The molecule has 0 atom stereocenters. The molecule has 3 rings (SSSR count). The second-order valence-electron chi connectivity index (χ2n) is 5.77. The fourth-order valence-electron chi connectivity index (χ4n) is 2.46. The molecule has 3 aromatic rings. The van der Waals surface area contributed by atoms with E-state index in [9.17, 15) is 4.79 Å². The number of nitrogens with zero attached hydrogens (tertiary/aromatic N) is 2. The molecular weight excluding hydrogens is 380 g/mol. The van der Waals surface area contributed by atoms with Crippen LogP contribution in [0.2, 0.25) is 5.02 Å². The largest absolute Gasteiger partial charge is 0.497 e. The maximum atomic E-state index is 12.5. The number of hydrogen-bond donors (Lipinski definition) is 2. The van der Waals surface area contributed by atoms with Crippen molar-refractivity contribution in [2.24, 2.45) is 0 Å². The van der Waals surface area contributed by atoms with Crippen LogP contribution in [0.1, 0.15) is 16.1 Å². The highest BCUT2D eigenvalue weighted by atomic mass is 35.5. The van der Waals surface area contributed by atoms with Gasteiger partial charge in [-0.15, -0.1) is 0 Å². The maximum Gasteiger partial charge on any atom is 0.274 e. The molecule has 0 bridgehead atoms. The molecule has 0 saturated heterocycles. The van der Waals surface area contributed by atoms with Crippen molar-refractivity contribution in [1.29, 1.82) is 0 Å². The van der Waals surface area contributed by atoms with Crippen LogP contribution >= 0.6 is 11.6 Å². The fourth-order valence-corrected chi connectivity index (χ4v) is 2.63. The quantitative estimate of drug-likeness (QED) is 0.625. The van der Waals surface area contributed by atoms with E-state index in [1.165, 1.54) is 19.4 Å². The molecule has 0 saturated carbocycles. The van der Waals surface area contributed by atoms with Crippen molar-refractivity contribution in [2.45, 2.75) is 6.54 Å². The Morgan fingerprint density at radius 1 is 1.07 bits per heavy atom. The van der Waals surface area contributed by atoms with Crippen LogP contribution in [0.15, 0.2) is 54.7 Å². The SMILES string of the molecule is COc1ccc(CNc2nccc(C(=O)Nc3cc(Cl)ccc3OC)n2)cc1. The number of carbonyl (C=O) groups is 1. The van der Waals surface area contributed by atoms with Crippen molar-refractivity contribution in [2.75, 3.05) is 24.9 Å². The van der Waals surface area contributed by atoms with Crippen LogP contribution in [-0.2, 0) is 6.54 Å². The Labute approximate surface area is 167 Å². The van der Waals surface area contributed by atoms with E-state index < -0.39 is 5.91 Å². The summed E-state index contributed by atoms with van der Waals surface area (Å²) in [5, 5.41) is 6.34. The summed E-state index contributed by atoms with van der Waals surface area (Å²) in [6.07, 6.45) is 1.52. The third kappa shape index (κ3) is 4.89. The molecule has 0 spiro atoms. The van der Waals surface area contributed by atoms with Crippen LogP contribution in [0.25, 0.3) is 0 Å². The first-order valence-corrected chi connectivity index (χ1v) is 8.81. The number of carbonyl (C=O) groups excluding carboxylic acids is 1. The van der Waals surface area contributed by atoms with Crippen molar-refractivity contribution in [1.82, 2.24) is 9.97 Å². The number of aromatic nitrogens is 2. The monoisotopic (exact) mass is 398 g/mol. The first kappa shape index (κ1) is 19.4. The molecule has 28 heavy (non-hydrogen) atoms. The Morgan fingerprint density at radius 2 is 1.86 bits per heavy atom. The van der Waals surface area contributed by atoms with E-state index in [2.05, 4.69) is 20.6 Å². The predicted octanol–water partition coefficient (Wildman–Crippen LogP) is 4.01. The van der Waals surface area contributed by atoms with Gasteiger partial charge in [0.15, 0.2) is 0 Å². The smallest absolute Gasteiger partial charge is 0.274 e. The van der Waals surface area contributed by atoms with Crippen LogP contribution in [0.3, 0.4) is 0 Å². The van der Waals surface area contributed by atoms with Crippen molar-refractivity contribution < 1.29 is 14.3 Å². The van der Waals surface area contributed by atoms with Crippen molar-refractivity contribution in [3.05, 3.63) is 71.0 Å². The number of hydrogen-bond acceptors (Lipinski definition) is 6. The molecule has 2 aromatic carbocycles. The zero-order valence-corrected chi connectivity index (χ0v) is 16.2. The number of anilines is 2. The van der Waals surface area contributed by atoms with Crippen molar-refractivity contribution in [3.63, 3.8) is 0 Å². The van der Waals surface area contributed by atoms with E-state index in [0.717, 1.165) is 11.3 Å². The summed E-state index contributed by atoms with van der Waals surface area (Å²) < 4.78 is 10.4. The standard InChI is InChI=1S/C20H19ClN4O3/c1-27-15-6-3-13(4-7-15)12-23-20-22-10-9-16(25-20)19(26)24-17-11-14(21)5-8-18(17)28-2/h3-11H,12H2,1-2H3,(H,24,26)(H,22,23,25). The van der Waals surface area contributed by atoms with Gasteiger partial charge in [-0.1, -0.05) is 23.7 Å². The summed E-state index contributed by atoms with van der Waals surface area (Å²) in [5.74, 6) is 1.25. The van der Waals surface area contributed by atoms with Gasteiger partial charge in [0.25, 0.3) is 5.91 Å². The summed E-state index contributed by atoms with van der Waals surface area (Å²) in [4.78, 5) is 21.0. The van der Waals surface area contributed by atoms with Crippen LogP contribution < -0.4 is 20.1 Å². The van der Waals surface area contributed by atoms with Crippen molar-refractivity contribution >= 4 is 29.1 Å². The second kappa shape index (κ2) is 9.05. The van der Waals surface area contributed by atoms with Crippen LogP contribution in [0.5, 0.6) is 11.5 Å². The van der Waals surface area contributed by atoms with Gasteiger partial charge in [-0.2, -0.15) is 0 Å². The van der Waals surface area contributed by atoms with Gasteiger partial charge in [-0.05, 0) is 42.0 Å². The maximum absolute atomic E-state index is 12.5. The highest BCUT2D eigenvalue weighted by molar-refractivity contribution is 6.31. The second-order valence-corrected chi connectivity index (χ2v) is 6.20. The topological polar surface area (TPSA) is 85.4 Å². The molecular formula is C20H19ClN4O3. The van der Waals surface area contributed by atoms with Gasteiger partial charge >= 0.3 is 0 Å². The first-order valence-electron chi connectivity index (χ1n) is 8.44. The molecule has 2 N–H and O–H groups in total. The Kier molecular flexibility index (Phi) is 6.29. The van der Waals surface area contributed by atoms with E-state index in [-0.39, 0.29) is 5.69 Å². The van der Waals surface area contributed by atoms with Crippen LogP contribution in [0, 0.1) is 0 Å². The molecule has 144 valence electrons. The minimum Gasteiger partial charge on any atom is -0.497 e. The van der Waals surface area contributed by atoms with Gasteiger partial charge in [-0.25, -0.2) is 9.97 Å². The van der Waals surface area contributed by atoms with Gasteiger partial charge in [0.05, 0.1) is 19.9 Å². The molecule has 8 heteroatoms. The number of amides is 1. The summed E-state index contributed by atoms with van der Waals surface area (Å²) in [5.41, 5.74) is 1.71. The molecule has 0 aliphatic heterocycles. The van der Waals surface area contributed by atoms with Gasteiger partial charge in [0, 0.05) is 17.8 Å². The summed E-state index contributed by atoms with van der Waals surface area (Å²) in [7, 11) is 3.14. The number of rotatable bonds is 7. The highest BCUT2D eigenvalue weighted by Gasteiger charge is 2.12. The molecule has 0 aliphatic rings. The van der Waals surface area contributed by atoms with E-state index >= 15 is 0 Å².